The Labute approximate surface area is 404 Å². The third-order valence-corrected chi connectivity index (χ3v) is 16.5. The zero-order valence-electron chi connectivity index (χ0n) is 39.7. The number of hydrogen-bond acceptors (Lipinski definition) is 12. The molecule has 2 aliphatic carbocycles. The molecule has 5 aliphatic rings. The number of carbonyl (C=O) groups is 4. The normalized spacial score (nSPS) is 28.0. The van der Waals surface area contributed by atoms with E-state index in [0.717, 1.165) is 29.7 Å². The van der Waals surface area contributed by atoms with Crippen molar-refractivity contribution in [1.29, 1.82) is 0 Å². The molecule has 0 spiro atoms. The van der Waals surface area contributed by atoms with Gasteiger partial charge in [-0.2, -0.15) is 13.2 Å². The number of sulfonamides is 1. The lowest BCUT2D eigenvalue weighted by Crippen LogP contribution is -2.59. The maximum absolute atomic E-state index is 15.1. The van der Waals surface area contributed by atoms with E-state index in [1.807, 2.05) is 49.4 Å². The highest BCUT2D eigenvalue weighted by Crippen LogP contribution is 2.48. The minimum atomic E-state index is -4.93. The smallest absolute Gasteiger partial charge is 0.427 e. The highest BCUT2D eigenvalue weighted by molar-refractivity contribution is 7.91. The fourth-order valence-corrected chi connectivity index (χ4v) is 10.7. The van der Waals surface area contributed by atoms with E-state index in [-0.39, 0.29) is 35.5 Å². The van der Waals surface area contributed by atoms with Gasteiger partial charge >= 0.3 is 12.3 Å². The van der Waals surface area contributed by atoms with Crippen molar-refractivity contribution in [3.8, 4) is 22.9 Å². The fourth-order valence-electron chi connectivity index (χ4n) is 9.43. The summed E-state index contributed by atoms with van der Waals surface area (Å²) in [4.78, 5) is 65.8. The van der Waals surface area contributed by atoms with Crippen LogP contribution >= 0.6 is 0 Å². The van der Waals surface area contributed by atoms with Crippen molar-refractivity contribution in [2.75, 3.05) is 44.9 Å². The molecule has 4 fully saturated rings. The first-order valence-corrected chi connectivity index (χ1v) is 25.0. The number of allylic oxidation sites excluding steroid dienone is 1. The summed E-state index contributed by atoms with van der Waals surface area (Å²) in [7, 11) is -2.56. The number of pyridine rings is 1. The van der Waals surface area contributed by atoms with Crippen LogP contribution in [-0.4, -0.2) is 122 Å². The first kappa shape index (κ1) is 49.8. The molecule has 0 radical (unpaired) electrons. The first-order valence-electron chi connectivity index (χ1n) is 23.5. The van der Waals surface area contributed by atoms with Crippen molar-refractivity contribution in [1.82, 2.24) is 25.2 Å². The highest BCUT2D eigenvalue weighted by Gasteiger charge is 2.63. The van der Waals surface area contributed by atoms with Gasteiger partial charge in [0.25, 0.3) is 5.91 Å². The Bertz CT molecular complexity index is 2620. The van der Waals surface area contributed by atoms with Gasteiger partial charge in [0.2, 0.25) is 33.3 Å². The van der Waals surface area contributed by atoms with Crippen LogP contribution in [0.2, 0.25) is 0 Å². The fraction of sp³-hybridized carbons (Fsp3) is 0.571. The lowest BCUT2D eigenvalue weighted by molar-refractivity contribution is -0.244. The van der Waals surface area contributed by atoms with Gasteiger partial charge < -0.3 is 39.4 Å². The number of carbonyl (C=O) groups excluding carboxylic acids is 4. The number of amides is 4. The summed E-state index contributed by atoms with van der Waals surface area (Å²) in [5.74, 6) is -3.02. The summed E-state index contributed by atoms with van der Waals surface area (Å²) in [6.45, 7) is 9.11. The lowest BCUT2D eigenvalue weighted by Gasteiger charge is -2.34. The maximum atomic E-state index is 15.1. The molecule has 20 heteroatoms. The second-order valence-electron chi connectivity index (χ2n) is 20.0. The van der Waals surface area contributed by atoms with E-state index < -0.39 is 85.9 Å². The number of nitrogens with zero attached hydrogens (tertiary/aromatic N) is 3. The topological polar surface area (TPSA) is 195 Å². The predicted molar refractivity (Wildman–Crippen MR) is 256 cm³/mol. The third kappa shape index (κ3) is 10.5. The molecular formula is C49H67F3N6O10S. The van der Waals surface area contributed by atoms with Gasteiger partial charge in [-0.05, 0) is 113 Å². The molecule has 1 aromatic heterocycles. The molecular weight excluding hydrogens is 922 g/mol. The molecule has 4 heterocycles. The van der Waals surface area contributed by atoms with Gasteiger partial charge in [0.15, 0.2) is 0 Å². The number of ether oxygens (including phenoxy) is 4. The minimum Gasteiger partial charge on any atom is -0.497 e. The number of alkyl carbamates (subject to hydrolysis) is 1. The minimum absolute atomic E-state index is 0. The van der Waals surface area contributed by atoms with Crippen LogP contribution in [-0.2, 0) is 33.9 Å². The largest absolute Gasteiger partial charge is 0.497 e. The van der Waals surface area contributed by atoms with Crippen LogP contribution in [0.1, 0.15) is 83.8 Å². The van der Waals surface area contributed by atoms with Crippen LogP contribution in [0.25, 0.3) is 22.0 Å². The number of hydrogen-bond donors (Lipinski definition) is 3. The quantitative estimate of drug-likeness (QED) is 0.174. The number of nitrogens with one attached hydrogen (secondary N) is 3. The molecule has 2 saturated carbocycles. The average molecular weight is 989 g/mol. The molecule has 2 saturated heterocycles. The summed E-state index contributed by atoms with van der Waals surface area (Å²) >= 11 is 0. The summed E-state index contributed by atoms with van der Waals surface area (Å²) in [5.41, 5.74) is -2.21. The van der Waals surface area contributed by atoms with Crippen LogP contribution in [0.15, 0.2) is 60.7 Å². The Kier molecular flexibility index (Phi) is 13.7. The number of anilines is 1. The van der Waals surface area contributed by atoms with Crippen molar-refractivity contribution < 1.29 is 64.0 Å². The number of methoxy groups -OCH3 is 1. The maximum Gasteiger partial charge on any atom is 0.427 e. The lowest BCUT2D eigenvalue weighted by atomic mass is 9.88. The molecule has 4 amide bonds. The van der Waals surface area contributed by atoms with Gasteiger partial charge in [-0.25, -0.2) is 18.2 Å². The summed E-state index contributed by atoms with van der Waals surface area (Å²) in [6, 6.07) is 12.4. The molecule has 69 heavy (non-hydrogen) atoms. The van der Waals surface area contributed by atoms with Crippen molar-refractivity contribution in [2.45, 2.75) is 120 Å². The molecule has 8 rings (SSSR count). The summed E-state index contributed by atoms with van der Waals surface area (Å²) in [5, 5.41) is 6.57. The standard InChI is InChI=1S/C49H61F3N6O10S.3H2/c1-29-9-7-8-10-33-27-48(33,44(61)56-69(63,64)47(5)17-18-47)55-41(59)39-26-36(28-58(39)43(60)40(30(2)23-29)54-45(62)68-46(3,4)49(50,51)52)67-42-37-16-15-35(65-6)24-32(37)25-38(53-42)31-11-13-34(14-12-31)57-19-21-66-22-20-57;;;/h8,10-16,24-25,29-30,33,36,39-40H,7,9,17-23,26-28H2,1-6H3,(H,54,62)(H,55,59)(H,56,61);3*1H/b10-8-;;;/t29-,30-,33-,36-,39+,40+,48-;;;/m1.../s1. The second kappa shape index (κ2) is 18.9. The number of benzene rings is 2. The average Bonchev–Trinajstić information content (AvgIpc) is 4.19. The Morgan fingerprint density at radius 3 is 2.39 bits per heavy atom. The monoisotopic (exact) mass is 988 g/mol. The first-order chi connectivity index (χ1) is 32.5. The van der Waals surface area contributed by atoms with Crippen LogP contribution in [0.4, 0.5) is 23.7 Å². The second-order valence-corrected chi connectivity index (χ2v) is 22.2. The third-order valence-electron chi connectivity index (χ3n) is 14.4. The zero-order chi connectivity index (χ0) is 49.7. The van der Waals surface area contributed by atoms with Gasteiger partial charge in [-0.15, -0.1) is 0 Å². The Morgan fingerprint density at radius 1 is 1.01 bits per heavy atom. The molecule has 0 bridgehead atoms. The molecule has 2 aromatic carbocycles. The molecule has 0 unspecified atom stereocenters. The van der Waals surface area contributed by atoms with E-state index in [4.69, 9.17) is 23.9 Å². The molecule has 7 atom stereocenters. The Morgan fingerprint density at radius 2 is 1.72 bits per heavy atom. The van der Waals surface area contributed by atoms with Crippen LogP contribution in [0, 0.1) is 17.8 Å². The van der Waals surface area contributed by atoms with Crippen molar-refractivity contribution in [2.24, 2.45) is 17.8 Å². The zero-order valence-corrected chi connectivity index (χ0v) is 40.5. The van der Waals surface area contributed by atoms with Gasteiger partial charge in [0, 0.05) is 46.3 Å². The van der Waals surface area contributed by atoms with E-state index in [1.54, 1.807) is 39.2 Å². The summed E-state index contributed by atoms with van der Waals surface area (Å²) in [6.07, 6.45) is -1.52. The van der Waals surface area contributed by atoms with E-state index >= 15 is 4.79 Å². The van der Waals surface area contributed by atoms with Crippen molar-refractivity contribution >= 4 is 50.3 Å². The number of aromatic nitrogens is 1. The number of fused-ring (bicyclic) bond motifs is 3. The predicted octanol–water partition coefficient (Wildman–Crippen LogP) is 7.15. The number of alkyl halides is 3. The Balaban J connectivity index is 0.00000321. The van der Waals surface area contributed by atoms with E-state index in [0.29, 0.717) is 76.0 Å². The van der Waals surface area contributed by atoms with Gasteiger partial charge in [0.05, 0.1) is 37.3 Å². The number of morpholine rings is 1. The van der Waals surface area contributed by atoms with Crippen molar-refractivity contribution in [3.63, 3.8) is 0 Å². The molecule has 3 aromatic rings. The van der Waals surface area contributed by atoms with Gasteiger partial charge in [0.1, 0.15) is 29.5 Å². The molecule has 16 nitrogen and oxygen atoms in total. The Hall–Kier alpha value is -5.63. The molecule has 380 valence electrons. The van der Waals surface area contributed by atoms with Gasteiger partial charge in [-0.1, -0.05) is 38.1 Å². The van der Waals surface area contributed by atoms with Crippen LogP contribution in [0.5, 0.6) is 11.6 Å². The van der Waals surface area contributed by atoms with E-state index in [1.165, 1.54) is 4.90 Å². The highest BCUT2D eigenvalue weighted by atomic mass is 32.2. The van der Waals surface area contributed by atoms with Crippen LogP contribution in [0.3, 0.4) is 0 Å². The summed E-state index contributed by atoms with van der Waals surface area (Å²) < 4.78 is 92.2. The molecule has 3 N–H and O–H groups in total. The SMILES string of the molecule is COc1ccc2c(O[C@@H]3C[C@H]4C(=O)N[C@]5(C(=O)NS(=O)(=O)C6(C)CC6)C[C@H]5/C=C\CC[C@@H](C)C[C@@H](C)[C@H](NC(=O)OC(C)(C)C(F)(F)F)C(=O)N4C3)nc(-c3ccc(N4CCOCC4)cc3)cc2c1.[HH].[HH].[HH]. The van der Waals surface area contributed by atoms with E-state index in [2.05, 4.69) is 20.3 Å². The number of halogens is 3. The van der Waals surface area contributed by atoms with E-state index in [9.17, 15) is 36.0 Å². The van der Waals surface area contributed by atoms with Gasteiger partial charge in [-0.3, -0.25) is 19.1 Å². The molecule has 3 aliphatic heterocycles. The number of rotatable bonds is 10. The van der Waals surface area contributed by atoms with Crippen molar-refractivity contribution in [3.05, 3.63) is 60.7 Å². The van der Waals surface area contributed by atoms with Crippen LogP contribution < -0.4 is 29.7 Å².